The maximum Gasteiger partial charge on any atom is 0.163 e. The lowest BCUT2D eigenvalue weighted by Gasteiger charge is -2.12. The molecule has 33 heavy (non-hydrogen) atoms. The van der Waals surface area contributed by atoms with E-state index in [0.29, 0.717) is 0 Å². The molecule has 154 valence electrons. The molecule has 0 spiro atoms. The van der Waals surface area contributed by atoms with E-state index in [-0.39, 0.29) is 0 Å². The summed E-state index contributed by atoms with van der Waals surface area (Å²) in [6, 6.07) is 31.5. The van der Waals surface area contributed by atoms with E-state index in [1.165, 1.54) is 21.5 Å². The van der Waals surface area contributed by atoms with Crippen molar-refractivity contribution in [3.63, 3.8) is 0 Å². The lowest BCUT2D eigenvalue weighted by molar-refractivity contribution is 1.16. The predicted molar refractivity (Wildman–Crippen MR) is 134 cm³/mol. The van der Waals surface area contributed by atoms with Crippen molar-refractivity contribution in [2.45, 2.75) is 0 Å². The Labute approximate surface area is 189 Å². The first-order valence-corrected chi connectivity index (χ1v) is 11.0. The van der Waals surface area contributed by atoms with Gasteiger partial charge in [-0.2, -0.15) is 0 Å². The van der Waals surface area contributed by atoms with Gasteiger partial charge in [-0.05, 0) is 63.5 Å². The molecule has 0 bridgehead atoms. The van der Waals surface area contributed by atoms with Crippen LogP contribution in [0.3, 0.4) is 0 Å². The molecule has 0 radical (unpaired) electrons. The highest BCUT2D eigenvalue weighted by Crippen LogP contribution is 2.36. The number of benzene rings is 3. The second-order valence-corrected chi connectivity index (χ2v) is 8.20. The molecule has 0 saturated heterocycles. The third-order valence-corrected chi connectivity index (χ3v) is 6.29. The molecule has 0 aliphatic heterocycles. The molecule has 4 heteroatoms. The first-order chi connectivity index (χ1) is 16.4. The first kappa shape index (κ1) is 18.0. The molecule has 7 aromatic rings. The highest BCUT2D eigenvalue weighted by molar-refractivity contribution is 6.14. The molecule has 0 unspecified atom stereocenters. The van der Waals surface area contributed by atoms with E-state index in [2.05, 4.69) is 76.1 Å². The summed E-state index contributed by atoms with van der Waals surface area (Å²) < 4.78 is 2.09. The minimum atomic E-state index is 0.837. The van der Waals surface area contributed by atoms with Crippen molar-refractivity contribution < 1.29 is 0 Å². The van der Waals surface area contributed by atoms with Gasteiger partial charge in [0.1, 0.15) is 11.2 Å². The maximum absolute atomic E-state index is 5.03. The Morgan fingerprint density at radius 2 is 1.48 bits per heavy atom. The third kappa shape index (κ3) is 2.74. The summed E-state index contributed by atoms with van der Waals surface area (Å²) in [5, 5.41) is 4.93. The van der Waals surface area contributed by atoms with Crippen LogP contribution in [0.25, 0.3) is 60.7 Å². The van der Waals surface area contributed by atoms with Gasteiger partial charge in [0.2, 0.25) is 0 Å². The zero-order valence-electron chi connectivity index (χ0n) is 17.7. The number of hydrogen-bond acceptors (Lipinski definition) is 3. The van der Waals surface area contributed by atoms with Crippen LogP contribution >= 0.6 is 0 Å². The molecule has 0 N–H and O–H groups in total. The van der Waals surface area contributed by atoms with Crippen LogP contribution in [0.2, 0.25) is 0 Å². The normalized spacial score (nSPS) is 11.6. The summed E-state index contributed by atoms with van der Waals surface area (Å²) in [6.07, 6.45) is 5.79. The van der Waals surface area contributed by atoms with Crippen molar-refractivity contribution in [3.8, 4) is 22.5 Å². The van der Waals surface area contributed by atoms with Gasteiger partial charge in [0.15, 0.2) is 5.65 Å². The topological polar surface area (TPSA) is 43.1 Å². The predicted octanol–water partition coefficient (Wildman–Crippen LogP) is 6.92. The molecule has 7 rings (SSSR count). The van der Waals surface area contributed by atoms with Crippen molar-refractivity contribution >= 4 is 38.2 Å². The van der Waals surface area contributed by atoms with Crippen molar-refractivity contribution in [2.24, 2.45) is 0 Å². The Morgan fingerprint density at radius 3 is 2.36 bits per heavy atom. The van der Waals surface area contributed by atoms with Crippen molar-refractivity contribution in [1.29, 1.82) is 0 Å². The second kappa shape index (κ2) is 6.97. The number of hydrogen-bond donors (Lipinski definition) is 0. The Morgan fingerprint density at radius 1 is 0.667 bits per heavy atom. The molecule has 0 saturated carbocycles. The number of fused-ring (bicyclic) bond motifs is 6. The van der Waals surface area contributed by atoms with Gasteiger partial charge in [-0.25, -0.2) is 9.97 Å². The van der Waals surface area contributed by atoms with E-state index in [1.807, 2.05) is 36.7 Å². The van der Waals surface area contributed by atoms with Gasteiger partial charge in [0.05, 0.1) is 11.2 Å². The molecular weight excluding hydrogens is 404 g/mol. The van der Waals surface area contributed by atoms with Gasteiger partial charge in [0, 0.05) is 24.2 Å². The summed E-state index contributed by atoms with van der Waals surface area (Å²) in [5.74, 6) is 0. The summed E-state index contributed by atoms with van der Waals surface area (Å²) in [6.45, 7) is 0. The van der Waals surface area contributed by atoms with E-state index in [4.69, 9.17) is 9.97 Å². The smallest absolute Gasteiger partial charge is 0.163 e. The number of pyridine rings is 2. The van der Waals surface area contributed by atoms with Crippen LogP contribution in [0.15, 0.2) is 110 Å². The van der Waals surface area contributed by atoms with Gasteiger partial charge in [-0.15, -0.1) is 0 Å². The van der Waals surface area contributed by atoms with Gasteiger partial charge >= 0.3 is 0 Å². The van der Waals surface area contributed by atoms with Crippen LogP contribution < -0.4 is 0 Å². The van der Waals surface area contributed by atoms with Crippen molar-refractivity contribution in [3.05, 3.63) is 110 Å². The highest BCUT2D eigenvalue weighted by Gasteiger charge is 2.14. The molecular formula is C29H18N4. The van der Waals surface area contributed by atoms with Crippen molar-refractivity contribution in [2.75, 3.05) is 0 Å². The lowest BCUT2D eigenvalue weighted by Crippen LogP contribution is -1.98. The fourth-order valence-electron chi connectivity index (χ4n) is 4.78. The standard InChI is InChI=1S/C29H18N4/c1-2-9-21-19(8-1)16-24(23-11-4-3-10-22(21)23)20-17-26-29(31-18-20)33-15-7-13-27(33)28(32-26)25-12-5-6-14-30-25/h1-18H. The Hall–Kier alpha value is -4.57. The van der Waals surface area contributed by atoms with Gasteiger partial charge < -0.3 is 0 Å². The number of rotatable bonds is 2. The highest BCUT2D eigenvalue weighted by atomic mass is 15.0. The van der Waals surface area contributed by atoms with Crippen LogP contribution in [0.4, 0.5) is 0 Å². The Kier molecular flexibility index (Phi) is 3.81. The van der Waals surface area contributed by atoms with Gasteiger partial charge in [-0.3, -0.25) is 9.38 Å². The molecule has 4 heterocycles. The molecule has 4 nitrogen and oxygen atoms in total. The van der Waals surface area contributed by atoms with Gasteiger partial charge in [-0.1, -0.05) is 54.6 Å². The van der Waals surface area contributed by atoms with E-state index >= 15 is 0 Å². The second-order valence-electron chi connectivity index (χ2n) is 8.20. The molecule has 3 aromatic carbocycles. The molecule has 4 aromatic heterocycles. The molecule has 0 atom stereocenters. The van der Waals surface area contributed by atoms with Gasteiger partial charge in [0.25, 0.3) is 0 Å². The zero-order chi connectivity index (χ0) is 21.8. The zero-order valence-corrected chi connectivity index (χ0v) is 17.7. The third-order valence-electron chi connectivity index (χ3n) is 6.29. The lowest BCUT2D eigenvalue weighted by atomic mass is 9.94. The minimum Gasteiger partial charge on any atom is -0.298 e. The molecule has 0 fully saturated rings. The Balaban J connectivity index is 1.54. The van der Waals surface area contributed by atoms with E-state index in [0.717, 1.165) is 39.2 Å². The van der Waals surface area contributed by atoms with Crippen LogP contribution in [-0.2, 0) is 0 Å². The first-order valence-electron chi connectivity index (χ1n) is 11.0. The monoisotopic (exact) mass is 422 g/mol. The number of nitrogens with zero attached hydrogens (tertiary/aromatic N) is 4. The SMILES string of the molecule is c1ccc(-c2nc3cc(-c4cc5ccccc5c5ccccc45)cnc3n3cccc23)nc1. The fraction of sp³-hybridized carbons (Fsp3) is 0. The molecule has 0 aliphatic rings. The quantitative estimate of drug-likeness (QED) is 0.284. The molecule has 0 aliphatic carbocycles. The van der Waals surface area contributed by atoms with Crippen LogP contribution in [-0.4, -0.2) is 19.4 Å². The summed E-state index contributed by atoms with van der Waals surface area (Å²) in [7, 11) is 0. The summed E-state index contributed by atoms with van der Waals surface area (Å²) in [4.78, 5) is 14.4. The van der Waals surface area contributed by atoms with E-state index < -0.39 is 0 Å². The largest absolute Gasteiger partial charge is 0.298 e. The number of aromatic nitrogens is 4. The molecule has 0 amide bonds. The summed E-state index contributed by atoms with van der Waals surface area (Å²) in [5.41, 5.74) is 6.60. The average molecular weight is 422 g/mol. The Bertz CT molecular complexity index is 1820. The van der Waals surface area contributed by atoms with Crippen LogP contribution in [0, 0.1) is 0 Å². The van der Waals surface area contributed by atoms with E-state index in [1.54, 1.807) is 6.20 Å². The summed E-state index contributed by atoms with van der Waals surface area (Å²) >= 11 is 0. The minimum absolute atomic E-state index is 0.837. The van der Waals surface area contributed by atoms with E-state index in [9.17, 15) is 0 Å². The van der Waals surface area contributed by atoms with Crippen molar-refractivity contribution in [1.82, 2.24) is 19.4 Å². The van der Waals surface area contributed by atoms with Crippen LogP contribution in [0.1, 0.15) is 0 Å². The van der Waals surface area contributed by atoms with Crippen LogP contribution in [0.5, 0.6) is 0 Å². The average Bonchev–Trinajstić information content (AvgIpc) is 3.38. The fourth-order valence-corrected chi connectivity index (χ4v) is 4.78. The maximum atomic E-state index is 5.03.